The Morgan fingerprint density at radius 2 is 1.24 bits per heavy atom. The van der Waals surface area contributed by atoms with E-state index in [1.807, 2.05) is 0 Å². The molecule has 0 unspecified atom stereocenters. The van der Waals surface area contributed by atoms with Gasteiger partial charge in [0.2, 0.25) is 5.88 Å². The molecule has 2 aliphatic rings. The lowest BCUT2D eigenvalue weighted by molar-refractivity contribution is -0.0285. The van der Waals surface area contributed by atoms with Crippen LogP contribution in [0, 0.1) is 0 Å². The maximum atomic E-state index is 14.9. The zero-order valence-corrected chi connectivity index (χ0v) is 39.3. The Kier molecular flexibility index (Phi) is 15.7. The van der Waals surface area contributed by atoms with E-state index in [9.17, 15) is 31.9 Å². The minimum absolute atomic E-state index is 0.00223. The molecule has 0 bridgehead atoms. The van der Waals surface area contributed by atoms with Crippen LogP contribution in [0.4, 0.5) is 38.8 Å². The fourth-order valence-electron chi connectivity index (χ4n) is 5.83. The summed E-state index contributed by atoms with van der Waals surface area (Å²) >= 11 is 27.0. The minimum Gasteiger partial charge on any atom is -0.472 e. The molecule has 6 rings (SSSR count). The molecule has 0 radical (unpaired) electrons. The number of ether oxygens (including phenoxy) is 3. The highest BCUT2D eigenvalue weighted by atomic mass is 35.5. The number of H-pyrrole nitrogens is 1. The van der Waals surface area contributed by atoms with Crippen molar-refractivity contribution in [2.45, 2.75) is 64.6 Å². The van der Waals surface area contributed by atoms with Gasteiger partial charge in [-0.3, -0.25) is 4.79 Å². The van der Waals surface area contributed by atoms with Gasteiger partial charge in [-0.2, -0.15) is 4.98 Å². The molecule has 344 valence electrons. The smallest absolute Gasteiger partial charge is 0.410 e. The van der Waals surface area contributed by atoms with Crippen LogP contribution in [0.15, 0.2) is 28.5 Å². The second kappa shape index (κ2) is 19.9. The number of nitrogens with one attached hydrogen (secondary N) is 1. The molecule has 2 fully saturated rings. The fraction of sp³-hybridized carbons (Fsp3) is 0.514. The first-order valence-corrected chi connectivity index (χ1v) is 22.0. The summed E-state index contributed by atoms with van der Waals surface area (Å²) in [5, 5.41) is -0.0855. The first kappa shape index (κ1) is 49.8. The van der Waals surface area contributed by atoms with Crippen molar-refractivity contribution in [3.63, 3.8) is 0 Å². The number of aromatic nitrogens is 6. The Balaban J connectivity index is 0.000000239. The first-order valence-electron chi connectivity index (χ1n) is 18.8. The van der Waals surface area contributed by atoms with Crippen molar-refractivity contribution in [2.75, 3.05) is 68.8 Å². The van der Waals surface area contributed by atoms with Crippen LogP contribution >= 0.6 is 69.1 Å². The Bertz CT molecular complexity index is 2360. The van der Waals surface area contributed by atoms with Gasteiger partial charge in [0.05, 0.1) is 37.2 Å². The van der Waals surface area contributed by atoms with E-state index in [4.69, 9.17) is 60.6 Å². The lowest BCUT2D eigenvalue weighted by atomic mass is 10.2. The van der Waals surface area contributed by atoms with Crippen LogP contribution < -0.4 is 20.1 Å². The summed E-state index contributed by atoms with van der Waals surface area (Å²) < 4.78 is 75.0. The van der Waals surface area contributed by atoms with Crippen molar-refractivity contribution in [1.29, 1.82) is 0 Å². The van der Waals surface area contributed by atoms with Crippen molar-refractivity contribution >= 4 is 92.9 Å². The molecule has 0 spiro atoms. The predicted molar refractivity (Wildman–Crippen MR) is 235 cm³/mol. The van der Waals surface area contributed by atoms with Gasteiger partial charge in [0.25, 0.3) is 17.4 Å². The van der Waals surface area contributed by atoms with Crippen molar-refractivity contribution < 1.29 is 41.4 Å². The van der Waals surface area contributed by atoms with Gasteiger partial charge < -0.3 is 38.8 Å². The number of nitrogens with zero attached hydrogens (tertiary/aromatic N) is 9. The summed E-state index contributed by atoms with van der Waals surface area (Å²) in [7, 11) is 0. The minimum atomic E-state index is -3.29. The van der Waals surface area contributed by atoms with E-state index < -0.39 is 67.0 Å². The van der Waals surface area contributed by atoms with E-state index in [0.29, 0.717) is 9.75 Å². The number of carbonyl (C=O) groups excluding carboxylic acids is 2. The number of halogens is 8. The average molecular weight is 1000 g/mol. The van der Waals surface area contributed by atoms with E-state index in [1.54, 1.807) is 41.5 Å². The summed E-state index contributed by atoms with van der Waals surface area (Å²) in [6.45, 7) is 10.4. The number of hydrogen-bond acceptors (Lipinski definition) is 15. The van der Waals surface area contributed by atoms with Crippen LogP contribution in [0.1, 0.15) is 41.5 Å². The summed E-state index contributed by atoms with van der Waals surface area (Å²) in [5.74, 6) is -6.42. The quantitative estimate of drug-likeness (QED) is 0.137. The number of thiazole rings is 2. The number of alkyl halides is 4. The van der Waals surface area contributed by atoms with E-state index in [-0.39, 0.29) is 82.3 Å². The van der Waals surface area contributed by atoms with E-state index in [2.05, 4.69) is 36.5 Å². The third-order valence-corrected chi connectivity index (χ3v) is 11.4. The van der Waals surface area contributed by atoms with Gasteiger partial charge >= 0.3 is 12.2 Å². The number of amides is 2. The summed E-state index contributed by atoms with van der Waals surface area (Å²) in [6, 6.07) is 0. The van der Waals surface area contributed by atoms with Gasteiger partial charge in [0, 0.05) is 26.2 Å². The second-order valence-electron chi connectivity index (χ2n) is 15.9. The van der Waals surface area contributed by atoms with Crippen molar-refractivity contribution in [1.82, 2.24) is 39.7 Å². The first-order chi connectivity index (χ1) is 29.3. The van der Waals surface area contributed by atoms with Crippen molar-refractivity contribution in [2.24, 2.45) is 0 Å². The Morgan fingerprint density at radius 1 is 0.762 bits per heavy atom. The molecule has 2 aliphatic heterocycles. The molecule has 0 saturated carbocycles. The van der Waals surface area contributed by atoms with Gasteiger partial charge in [-0.1, -0.05) is 59.1 Å². The standard InChI is InChI=1S/C20H23Cl2F2N5O3S.C17H19Cl2F2N5O3S/c1-5-8-31-17-12(21)16(26-15(27-17)13-14(22)25-11-33-13)28-6-7-29(10-20(23,24)9-28)18(30)32-19(2,3)4;1-16(2,3)29-15(28)26-5-4-25(6-17(20,21)7-26)13-9(18)14(27)24-12(23-13)10-11(19)22-8-30-10/h5,11H,1,6-10H2,2-4H3;8H,4-7H2,1-3H3,(H,23,24,27). The Labute approximate surface area is 387 Å². The van der Waals surface area contributed by atoms with Crippen LogP contribution in [0.25, 0.3) is 21.4 Å². The molecular formula is C37H42Cl4F4N10O6S2. The van der Waals surface area contributed by atoms with Gasteiger partial charge in [-0.05, 0) is 41.5 Å². The van der Waals surface area contributed by atoms with Crippen molar-refractivity contribution in [3.8, 4) is 27.3 Å². The molecule has 0 atom stereocenters. The lowest BCUT2D eigenvalue weighted by Crippen LogP contribution is -2.44. The van der Waals surface area contributed by atoms with Crippen LogP contribution in [-0.4, -0.2) is 134 Å². The molecule has 0 aliphatic carbocycles. The molecular weight excluding hydrogens is 962 g/mol. The molecule has 4 aromatic rings. The molecule has 2 saturated heterocycles. The number of rotatable bonds is 7. The summed E-state index contributed by atoms with van der Waals surface area (Å²) in [4.78, 5) is 65.5. The van der Waals surface area contributed by atoms with Gasteiger partial charge in [-0.15, -0.1) is 22.7 Å². The monoisotopic (exact) mass is 1000 g/mol. The van der Waals surface area contributed by atoms with Crippen molar-refractivity contribution in [3.05, 3.63) is 54.4 Å². The molecule has 4 aromatic heterocycles. The van der Waals surface area contributed by atoms with Crippen LogP contribution in [-0.2, 0) is 9.47 Å². The molecule has 63 heavy (non-hydrogen) atoms. The van der Waals surface area contributed by atoms with Crippen LogP contribution in [0.3, 0.4) is 0 Å². The third kappa shape index (κ3) is 13.4. The molecule has 6 heterocycles. The van der Waals surface area contributed by atoms with Gasteiger partial charge in [-0.25, -0.2) is 47.1 Å². The number of carbonyl (C=O) groups is 2. The highest BCUT2D eigenvalue weighted by Gasteiger charge is 2.43. The summed E-state index contributed by atoms with van der Waals surface area (Å²) in [6.07, 6.45) is -0.160. The zero-order chi connectivity index (χ0) is 46.7. The van der Waals surface area contributed by atoms with E-state index in [1.165, 1.54) is 38.2 Å². The van der Waals surface area contributed by atoms with Crippen LogP contribution in [0.5, 0.6) is 5.88 Å². The predicted octanol–water partition coefficient (Wildman–Crippen LogP) is 9.06. The molecule has 2 amide bonds. The number of anilines is 2. The van der Waals surface area contributed by atoms with Crippen LogP contribution in [0.2, 0.25) is 20.4 Å². The summed E-state index contributed by atoms with van der Waals surface area (Å²) in [5.41, 5.74) is 0.647. The number of aromatic amines is 1. The largest absolute Gasteiger partial charge is 0.472 e. The highest BCUT2D eigenvalue weighted by Crippen LogP contribution is 2.39. The van der Waals surface area contributed by atoms with Gasteiger partial charge in [0.1, 0.15) is 37.6 Å². The fourth-order valence-corrected chi connectivity index (χ4v) is 8.18. The lowest BCUT2D eigenvalue weighted by Gasteiger charge is -2.27. The Morgan fingerprint density at radius 3 is 1.68 bits per heavy atom. The normalized spacial score (nSPS) is 16.7. The zero-order valence-electron chi connectivity index (χ0n) is 34.6. The molecule has 1 N–H and O–H groups in total. The molecule has 26 heteroatoms. The Hall–Kier alpha value is -4.22. The molecule has 16 nitrogen and oxygen atoms in total. The maximum Gasteiger partial charge on any atom is 0.410 e. The van der Waals surface area contributed by atoms with E-state index in [0.717, 1.165) is 21.1 Å². The highest BCUT2D eigenvalue weighted by molar-refractivity contribution is 7.14. The maximum absolute atomic E-state index is 14.9. The molecule has 0 aromatic carbocycles. The third-order valence-electron chi connectivity index (χ3n) is 8.32. The topological polar surface area (TPSA) is 172 Å². The van der Waals surface area contributed by atoms with Gasteiger partial charge in [0.15, 0.2) is 33.6 Å². The second-order valence-corrected chi connectivity index (χ2v) is 19.1. The SMILES string of the molecule is C=CCOc1nc(-c2scnc2Cl)nc(N2CCN(C(=O)OC(C)(C)C)CC(F)(F)C2)c1Cl.CC(C)(C)OC(=O)N1CCN(c2nc(-c3scnc3Cl)[nH]c(=O)c2Cl)CC(F)(F)C1. The average Bonchev–Trinajstić information content (AvgIpc) is 3.71. The number of hydrogen-bond donors (Lipinski definition) is 1. The van der Waals surface area contributed by atoms with E-state index >= 15 is 0 Å².